The second-order valence-electron chi connectivity index (χ2n) is 9.64. The second-order valence-corrected chi connectivity index (χ2v) is 9.64. The molecule has 1 unspecified atom stereocenters. The zero-order valence-corrected chi connectivity index (χ0v) is 20.8. The SMILES string of the molecule is CCn1c(-c2cc(C)c(=O)n(C)c2)nc2cc(CC[C@H](C(=O)OC3CCOC3)C(C)C)ccc21. The van der Waals surface area contributed by atoms with Gasteiger partial charge in [0.15, 0.2) is 0 Å². The zero-order valence-electron chi connectivity index (χ0n) is 20.8. The van der Waals surface area contributed by atoms with E-state index in [1.54, 1.807) is 11.6 Å². The number of hydrogen-bond donors (Lipinski definition) is 0. The smallest absolute Gasteiger partial charge is 0.309 e. The fourth-order valence-corrected chi connectivity index (χ4v) is 4.77. The minimum absolute atomic E-state index is 0.00360. The largest absolute Gasteiger partial charge is 0.460 e. The summed E-state index contributed by atoms with van der Waals surface area (Å²) in [5.41, 5.74) is 4.77. The molecule has 0 bridgehead atoms. The van der Waals surface area contributed by atoms with Crippen molar-refractivity contribution in [3.63, 3.8) is 0 Å². The first-order valence-electron chi connectivity index (χ1n) is 12.2. The molecule has 1 aliphatic heterocycles. The van der Waals surface area contributed by atoms with Crippen LogP contribution in [0.25, 0.3) is 22.4 Å². The highest BCUT2D eigenvalue weighted by atomic mass is 16.6. The van der Waals surface area contributed by atoms with Crippen LogP contribution in [0.15, 0.2) is 35.3 Å². The number of aryl methyl sites for hydroxylation is 4. The van der Waals surface area contributed by atoms with Crippen LogP contribution < -0.4 is 5.56 Å². The first kappa shape index (κ1) is 24.2. The molecule has 4 rings (SSSR count). The highest BCUT2D eigenvalue weighted by molar-refractivity contribution is 5.81. The number of fused-ring (bicyclic) bond motifs is 1. The van der Waals surface area contributed by atoms with Gasteiger partial charge >= 0.3 is 5.97 Å². The third kappa shape index (κ3) is 4.94. The summed E-state index contributed by atoms with van der Waals surface area (Å²) in [5.74, 6) is 0.802. The van der Waals surface area contributed by atoms with Gasteiger partial charge in [0.1, 0.15) is 11.9 Å². The first-order chi connectivity index (χ1) is 16.3. The minimum atomic E-state index is -0.145. The van der Waals surface area contributed by atoms with Crippen LogP contribution in [0.5, 0.6) is 0 Å². The van der Waals surface area contributed by atoms with Crippen LogP contribution in [-0.4, -0.2) is 39.4 Å². The fourth-order valence-electron chi connectivity index (χ4n) is 4.77. The fraction of sp³-hybridized carbons (Fsp3) is 0.519. The molecule has 182 valence electrons. The Hall–Kier alpha value is -2.93. The van der Waals surface area contributed by atoms with Gasteiger partial charge in [-0.3, -0.25) is 9.59 Å². The second kappa shape index (κ2) is 10.1. The normalized spacial score (nSPS) is 16.9. The Bertz CT molecular complexity index is 1210. The number of imidazole rings is 1. The van der Waals surface area contributed by atoms with Crippen LogP contribution in [0.2, 0.25) is 0 Å². The number of carbonyl (C=O) groups excluding carboxylic acids is 1. The van der Waals surface area contributed by atoms with Gasteiger partial charge in [0.2, 0.25) is 0 Å². The molecule has 0 N–H and O–H groups in total. The number of ether oxygens (including phenoxy) is 2. The molecule has 1 aliphatic rings. The van der Waals surface area contributed by atoms with E-state index in [9.17, 15) is 9.59 Å². The van der Waals surface area contributed by atoms with Crippen LogP contribution in [0.3, 0.4) is 0 Å². The van der Waals surface area contributed by atoms with Crippen LogP contribution >= 0.6 is 0 Å². The minimum Gasteiger partial charge on any atom is -0.460 e. The Morgan fingerprint density at radius 3 is 2.74 bits per heavy atom. The summed E-state index contributed by atoms with van der Waals surface area (Å²) >= 11 is 0. The number of esters is 1. The van der Waals surface area contributed by atoms with Gasteiger partial charge in [0, 0.05) is 37.3 Å². The average molecular weight is 466 g/mol. The van der Waals surface area contributed by atoms with Crippen LogP contribution in [0.4, 0.5) is 0 Å². The quantitative estimate of drug-likeness (QED) is 0.465. The molecular weight excluding hydrogens is 430 g/mol. The molecule has 3 heterocycles. The molecule has 1 saturated heterocycles. The highest BCUT2D eigenvalue weighted by Crippen LogP contribution is 2.27. The average Bonchev–Trinajstić information content (AvgIpc) is 3.44. The summed E-state index contributed by atoms with van der Waals surface area (Å²) in [6.45, 7) is 10.0. The molecule has 0 spiro atoms. The standard InChI is InChI=1S/C27H35N3O4/c1-6-30-24-10-8-19(7-9-22(17(2)3)27(32)34-21-11-12-33-16-21)14-23(24)28-25(30)20-13-18(4)26(31)29(5)15-20/h8,10,13-15,17,21-22H,6-7,9,11-12,16H2,1-5H3/t21?,22-/m0/s1. The van der Waals surface area contributed by atoms with Crippen LogP contribution in [-0.2, 0) is 34.3 Å². The number of carbonyl (C=O) groups is 1. The Morgan fingerprint density at radius 2 is 2.09 bits per heavy atom. The third-order valence-corrected chi connectivity index (χ3v) is 6.77. The molecule has 7 heteroatoms. The van der Waals surface area contributed by atoms with E-state index < -0.39 is 0 Å². The van der Waals surface area contributed by atoms with Crippen molar-refractivity contribution in [2.75, 3.05) is 13.2 Å². The van der Waals surface area contributed by atoms with Crippen LogP contribution in [0, 0.1) is 18.8 Å². The number of nitrogens with zero attached hydrogens (tertiary/aromatic N) is 3. The number of hydrogen-bond acceptors (Lipinski definition) is 5. The Balaban J connectivity index is 1.56. The summed E-state index contributed by atoms with van der Waals surface area (Å²) in [7, 11) is 1.77. The number of benzene rings is 1. The maximum absolute atomic E-state index is 12.8. The summed E-state index contributed by atoms with van der Waals surface area (Å²) in [4.78, 5) is 29.9. The van der Waals surface area contributed by atoms with E-state index in [1.807, 2.05) is 19.2 Å². The van der Waals surface area contributed by atoms with E-state index in [2.05, 4.69) is 43.5 Å². The molecule has 1 fully saturated rings. The van der Waals surface area contributed by atoms with E-state index in [1.165, 1.54) is 0 Å². The maximum Gasteiger partial charge on any atom is 0.309 e. The van der Waals surface area contributed by atoms with Crippen molar-refractivity contribution in [3.05, 3.63) is 51.9 Å². The van der Waals surface area contributed by atoms with Crippen molar-refractivity contribution >= 4 is 17.0 Å². The van der Waals surface area contributed by atoms with E-state index in [4.69, 9.17) is 14.5 Å². The van der Waals surface area contributed by atoms with Gasteiger partial charge in [-0.1, -0.05) is 19.9 Å². The lowest BCUT2D eigenvalue weighted by atomic mass is 9.89. The molecular formula is C27H35N3O4. The van der Waals surface area contributed by atoms with Crippen molar-refractivity contribution in [1.29, 1.82) is 0 Å². The predicted octanol–water partition coefficient (Wildman–Crippen LogP) is 4.27. The summed E-state index contributed by atoms with van der Waals surface area (Å²) in [6, 6.07) is 8.26. The lowest BCUT2D eigenvalue weighted by Gasteiger charge is -2.21. The van der Waals surface area contributed by atoms with E-state index >= 15 is 0 Å². The molecule has 2 aromatic heterocycles. The molecule has 3 aromatic rings. The molecule has 0 amide bonds. The highest BCUT2D eigenvalue weighted by Gasteiger charge is 2.28. The van der Waals surface area contributed by atoms with Gasteiger partial charge < -0.3 is 18.6 Å². The predicted molar refractivity (Wildman–Crippen MR) is 133 cm³/mol. The molecule has 34 heavy (non-hydrogen) atoms. The lowest BCUT2D eigenvalue weighted by Crippen LogP contribution is -2.28. The van der Waals surface area contributed by atoms with Gasteiger partial charge in [-0.15, -0.1) is 0 Å². The Kier molecular flexibility index (Phi) is 7.22. The first-order valence-corrected chi connectivity index (χ1v) is 12.2. The molecule has 0 radical (unpaired) electrons. The van der Waals surface area contributed by atoms with E-state index in [0.29, 0.717) is 18.8 Å². The summed E-state index contributed by atoms with van der Waals surface area (Å²) in [6.07, 6.45) is 4.03. The van der Waals surface area contributed by atoms with Crippen molar-refractivity contribution < 1.29 is 14.3 Å². The molecule has 1 aromatic carbocycles. The third-order valence-electron chi connectivity index (χ3n) is 6.77. The number of rotatable bonds is 8. The Morgan fingerprint density at radius 1 is 1.29 bits per heavy atom. The lowest BCUT2D eigenvalue weighted by molar-refractivity contribution is -0.155. The van der Waals surface area contributed by atoms with Crippen LogP contribution in [0.1, 0.15) is 44.7 Å². The molecule has 0 aliphatic carbocycles. The summed E-state index contributed by atoms with van der Waals surface area (Å²) < 4.78 is 14.8. The zero-order chi connectivity index (χ0) is 24.4. The van der Waals surface area contributed by atoms with Gasteiger partial charge in [0.25, 0.3) is 5.56 Å². The van der Waals surface area contributed by atoms with Gasteiger partial charge in [-0.2, -0.15) is 0 Å². The van der Waals surface area contributed by atoms with Crippen molar-refractivity contribution in [1.82, 2.24) is 14.1 Å². The van der Waals surface area contributed by atoms with E-state index in [0.717, 1.165) is 53.8 Å². The molecule has 7 nitrogen and oxygen atoms in total. The number of pyridine rings is 1. The Labute approximate surface area is 200 Å². The van der Waals surface area contributed by atoms with Crippen molar-refractivity contribution in [3.8, 4) is 11.4 Å². The molecule has 2 atom stereocenters. The summed E-state index contributed by atoms with van der Waals surface area (Å²) in [5, 5.41) is 0. The topological polar surface area (TPSA) is 75.4 Å². The number of aromatic nitrogens is 3. The van der Waals surface area contributed by atoms with Gasteiger partial charge in [0.05, 0.1) is 30.2 Å². The monoisotopic (exact) mass is 465 g/mol. The van der Waals surface area contributed by atoms with E-state index in [-0.39, 0.29) is 29.5 Å². The van der Waals surface area contributed by atoms with Crippen molar-refractivity contribution in [2.45, 2.75) is 59.6 Å². The maximum atomic E-state index is 12.8. The van der Waals surface area contributed by atoms with Gasteiger partial charge in [-0.25, -0.2) is 4.98 Å². The van der Waals surface area contributed by atoms with Gasteiger partial charge in [-0.05, 0) is 56.4 Å². The molecule has 0 saturated carbocycles. The van der Waals surface area contributed by atoms with Crippen molar-refractivity contribution in [2.24, 2.45) is 18.9 Å².